The molecule has 0 unspecified atom stereocenters. The Morgan fingerprint density at radius 1 is 1.19 bits per heavy atom. The molecule has 2 aliphatic heterocycles. The van der Waals surface area contributed by atoms with E-state index >= 15 is 0 Å². The van der Waals surface area contributed by atoms with E-state index in [1.54, 1.807) is 0 Å². The average Bonchev–Trinajstić information content (AvgIpc) is 3.41. The van der Waals surface area contributed by atoms with Crippen molar-refractivity contribution >= 4 is 34.9 Å². The van der Waals surface area contributed by atoms with E-state index in [0.717, 1.165) is 49.5 Å². The molecule has 2 aromatic rings. The van der Waals surface area contributed by atoms with Crippen LogP contribution in [0.4, 0.5) is 11.5 Å². The maximum atomic E-state index is 12.7. The van der Waals surface area contributed by atoms with E-state index in [2.05, 4.69) is 15.5 Å². The molecular formula is C23H30ClN5O3. The molecule has 32 heavy (non-hydrogen) atoms. The number of hydrogen-bond acceptors (Lipinski definition) is 5. The number of benzene rings is 1. The van der Waals surface area contributed by atoms with Gasteiger partial charge in [0.2, 0.25) is 11.8 Å². The largest absolute Gasteiger partial charge is 0.376 e. The predicted molar refractivity (Wildman–Crippen MR) is 125 cm³/mol. The quantitative estimate of drug-likeness (QED) is 0.691. The summed E-state index contributed by atoms with van der Waals surface area (Å²) in [7, 11) is 0. The second kappa shape index (κ2) is 9.92. The number of aromatic nitrogens is 2. The first-order valence-electron chi connectivity index (χ1n) is 11.2. The van der Waals surface area contributed by atoms with Gasteiger partial charge in [-0.15, -0.1) is 0 Å². The SMILES string of the molecule is CC(=O)Nc1c(C)nn(-c2ccc(Cl)cc2)c1N1CCC(C(=O)NC[C@@H]2CCCO2)CC1. The Morgan fingerprint density at radius 2 is 1.91 bits per heavy atom. The molecule has 1 aromatic carbocycles. The third-order valence-electron chi connectivity index (χ3n) is 6.10. The lowest BCUT2D eigenvalue weighted by molar-refractivity contribution is -0.126. The molecule has 0 bridgehead atoms. The second-order valence-corrected chi connectivity index (χ2v) is 8.93. The van der Waals surface area contributed by atoms with Crippen LogP contribution in [0.5, 0.6) is 0 Å². The van der Waals surface area contributed by atoms with Gasteiger partial charge in [0.05, 0.1) is 17.5 Å². The van der Waals surface area contributed by atoms with E-state index in [4.69, 9.17) is 21.4 Å². The Morgan fingerprint density at radius 3 is 2.53 bits per heavy atom. The van der Waals surface area contributed by atoms with Gasteiger partial charge in [-0.3, -0.25) is 9.59 Å². The number of aryl methyl sites for hydroxylation is 1. The van der Waals surface area contributed by atoms with Gasteiger partial charge in [-0.25, -0.2) is 4.68 Å². The van der Waals surface area contributed by atoms with E-state index in [-0.39, 0.29) is 23.8 Å². The Balaban J connectivity index is 1.49. The van der Waals surface area contributed by atoms with Crippen LogP contribution in [0.1, 0.15) is 38.3 Å². The maximum absolute atomic E-state index is 12.7. The van der Waals surface area contributed by atoms with Gasteiger partial charge < -0.3 is 20.3 Å². The molecule has 2 N–H and O–H groups in total. The van der Waals surface area contributed by atoms with Gasteiger partial charge in [-0.2, -0.15) is 5.10 Å². The highest BCUT2D eigenvalue weighted by Gasteiger charge is 2.30. The summed E-state index contributed by atoms with van der Waals surface area (Å²) in [5, 5.41) is 11.3. The summed E-state index contributed by atoms with van der Waals surface area (Å²) in [6.07, 6.45) is 3.70. The highest BCUT2D eigenvalue weighted by atomic mass is 35.5. The first-order chi connectivity index (χ1) is 15.4. The molecular weight excluding hydrogens is 430 g/mol. The second-order valence-electron chi connectivity index (χ2n) is 8.49. The number of nitrogens with one attached hydrogen (secondary N) is 2. The summed E-state index contributed by atoms with van der Waals surface area (Å²) in [6.45, 7) is 6.15. The van der Waals surface area contributed by atoms with Crippen LogP contribution in [0.15, 0.2) is 24.3 Å². The molecule has 0 radical (unpaired) electrons. The van der Waals surface area contributed by atoms with Crippen molar-refractivity contribution in [2.45, 2.75) is 45.6 Å². The van der Waals surface area contributed by atoms with Crippen LogP contribution in [0.25, 0.3) is 5.69 Å². The molecule has 1 aromatic heterocycles. The minimum absolute atomic E-state index is 0.0233. The number of amides is 2. The van der Waals surface area contributed by atoms with Crippen LogP contribution in [0.3, 0.4) is 0 Å². The first kappa shape index (κ1) is 22.6. The van der Waals surface area contributed by atoms with Crippen LogP contribution < -0.4 is 15.5 Å². The highest BCUT2D eigenvalue weighted by molar-refractivity contribution is 6.30. The molecule has 2 saturated heterocycles. The number of ether oxygens (including phenoxy) is 1. The molecule has 9 heteroatoms. The van der Waals surface area contributed by atoms with E-state index in [0.29, 0.717) is 30.3 Å². The van der Waals surface area contributed by atoms with Crippen molar-refractivity contribution in [1.29, 1.82) is 0 Å². The lowest BCUT2D eigenvalue weighted by Crippen LogP contribution is -2.43. The number of piperidine rings is 1. The highest BCUT2D eigenvalue weighted by Crippen LogP contribution is 2.35. The summed E-state index contributed by atoms with van der Waals surface area (Å²) >= 11 is 6.06. The molecule has 1 atom stereocenters. The number of carbonyl (C=O) groups is 2. The molecule has 3 heterocycles. The van der Waals surface area contributed by atoms with Crippen molar-refractivity contribution in [3.8, 4) is 5.69 Å². The Bertz CT molecular complexity index is 961. The molecule has 0 saturated carbocycles. The first-order valence-corrected chi connectivity index (χ1v) is 11.6. The van der Waals surface area contributed by atoms with Crippen molar-refractivity contribution in [2.24, 2.45) is 5.92 Å². The molecule has 2 fully saturated rings. The minimum Gasteiger partial charge on any atom is -0.376 e. The summed E-state index contributed by atoms with van der Waals surface area (Å²) in [5.41, 5.74) is 2.30. The maximum Gasteiger partial charge on any atom is 0.223 e. The van der Waals surface area contributed by atoms with Crippen LogP contribution in [0.2, 0.25) is 5.02 Å². The van der Waals surface area contributed by atoms with Crippen molar-refractivity contribution in [3.05, 3.63) is 35.0 Å². The van der Waals surface area contributed by atoms with Crippen LogP contribution >= 0.6 is 11.6 Å². The summed E-state index contributed by atoms with van der Waals surface area (Å²) in [5.74, 6) is 0.765. The molecule has 2 aliphatic rings. The van der Waals surface area contributed by atoms with E-state index < -0.39 is 0 Å². The number of hydrogen-bond donors (Lipinski definition) is 2. The van der Waals surface area contributed by atoms with E-state index in [1.165, 1.54) is 6.92 Å². The lowest BCUT2D eigenvalue weighted by Gasteiger charge is -2.33. The zero-order valence-electron chi connectivity index (χ0n) is 18.6. The number of nitrogens with zero attached hydrogens (tertiary/aromatic N) is 3. The van der Waals surface area contributed by atoms with Crippen molar-refractivity contribution < 1.29 is 14.3 Å². The van der Waals surface area contributed by atoms with Crippen molar-refractivity contribution in [3.63, 3.8) is 0 Å². The predicted octanol–water partition coefficient (Wildman–Crippen LogP) is 3.30. The zero-order valence-corrected chi connectivity index (χ0v) is 19.3. The summed E-state index contributed by atoms with van der Waals surface area (Å²) in [6, 6.07) is 7.45. The number of carbonyl (C=O) groups excluding carboxylic acids is 2. The topological polar surface area (TPSA) is 88.5 Å². The van der Waals surface area contributed by atoms with Crippen molar-refractivity contribution in [1.82, 2.24) is 15.1 Å². The Kier molecular flexibility index (Phi) is 7.01. The summed E-state index contributed by atoms with van der Waals surface area (Å²) < 4.78 is 7.44. The van der Waals surface area contributed by atoms with Gasteiger partial charge in [0.15, 0.2) is 5.82 Å². The van der Waals surface area contributed by atoms with Crippen LogP contribution in [-0.4, -0.2) is 53.9 Å². The van der Waals surface area contributed by atoms with Gasteiger partial charge in [-0.05, 0) is 56.9 Å². The number of rotatable bonds is 6. The number of anilines is 2. The average molecular weight is 460 g/mol. The van der Waals surface area contributed by atoms with Crippen LogP contribution in [0, 0.1) is 12.8 Å². The van der Waals surface area contributed by atoms with Crippen LogP contribution in [-0.2, 0) is 14.3 Å². The molecule has 2 amide bonds. The fourth-order valence-electron chi connectivity index (χ4n) is 4.41. The van der Waals surface area contributed by atoms with Crippen molar-refractivity contribution in [2.75, 3.05) is 36.5 Å². The van der Waals surface area contributed by atoms with Gasteiger partial charge >= 0.3 is 0 Å². The van der Waals surface area contributed by atoms with Gasteiger partial charge in [0.25, 0.3) is 0 Å². The van der Waals surface area contributed by atoms with Gasteiger partial charge in [-0.1, -0.05) is 11.6 Å². The molecule has 4 rings (SSSR count). The number of halogens is 1. The fraction of sp³-hybridized carbons (Fsp3) is 0.522. The third kappa shape index (κ3) is 5.07. The molecule has 0 spiro atoms. The molecule has 0 aliphatic carbocycles. The van der Waals surface area contributed by atoms with E-state index in [1.807, 2.05) is 35.9 Å². The molecule has 8 nitrogen and oxygen atoms in total. The smallest absolute Gasteiger partial charge is 0.223 e. The van der Waals surface area contributed by atoms with E-state index in [9.17, 15) is 9.59 Å². The lowest BCUT2D eigenvalue weighted by atomic mass is 9.95. The molecule has 172 valence electrons. The Labute approximate surface area is 193 Å². The Hall–Kier alpha value is -2.58. The third-order valence-corrected chi connectivity index (χ3v) is 6.35. The fourth-order valence-corrected chi connectivity index (χ4v) is 4.54. The van der Waals surface area contributed by atoms with Gasteiger partial charge in [0, 0.05) is 44.1 Å². The van der Waals surface area contributed by atoms with Gasteiger partial charge in [0.1, 0.15) is 5.69 Å². The normalized spacial score (nSPS) is 19.2. The summed E-state index contributed by atoms with van der Waals surface area (Å²) in [4.78, 5) is 26.7. The standard InChI is InChI=1S/C23H30ClN5O3/c1-15-21(26-16(2)30)23(29(27-15)19-7-5-18(24)6-8-19)28-11-9-17(10-12-28)22(31)25-14-20-4-3-13-32-20/h5-8,17,20H,3-4,9-14H2,1-2H3,(H,25,31)(H,26,30)/t20-/m0/s1. The minimum atomic E-state index is -0.145. The zero-order chi connectivity index (χ0) is 22.7. The monoisotopic (exact) mass is 459 g/mol.